The first-order valence-corrected chi connectivity index (χ1v) is 7.56. The van der Waals surface area contributed by atoms with E-state index in [1.807, 2.05) is 25.1 Å². The van der Waals surface area contributed by atoms with Crippen molar-refractivity contribution < 1.29 is 9.59 Å². The van der Waals surface area contributed by atoms with Crippen LogP contribution in [-0.4, -0.2) is 39.7 Å². The standard InChI is InChI=1S/C16H19N5O2/c1-2-21-10-13(14(19-21)15(17)22)18-16(23)20-8-12(9-20)11-6-4-3-5-7-11/h3-7,10,12H,2,8-9H2,1H3,(H2,17,22)(H,18,23). The van der Waals surface area contributed by atoms with E-state index in [-0.39, 0.29) is 11.7 Å². The molecule has 7 heteroatoms. The first-order chi connectivity index (χ1) is 11.1. The summed E-state index contributed by atoms with van der Waals surface area (Å²) in [5, 5.41) is 6.78. The summed E-state index contributed by atoms with van der Waals surface area (Å²) < 4.78 is 1.57. The van der Waals surface area contributed by atoms with E-state index >= 15 is 0 Å². The van der Waals surface area contributed by atoms with Gasteiger partial charge in [-0.25, -0.2) is 4.79 Å². The van der Waals surface area contributed by atoms with Gasteiger partial charge < -0.3 is 16.0 Å². The highest BCUT2D eigenvalue weighted by Gasteiger charge is 2.32. The lowest BCUT2D eigenvalue weighted by Gasteiger charge is -2.39. The molecule has 0 radical (unpaired) electrons. The summed E-state index contributed by atoms with van der Waals surface area (Å²) >= 11 is 0. The third kappa shape index (κ3) is 3.03. The number of hydrogen-bond donors (Lipinski definition) is 2. The Morgan fingerprint density at radius 2 is 2.00 bits per heavy atom. The molecule has 120 valence electrons. The Hall–Kier alpha value is -2.83. The predicted molar refractivity (Wildman–Crippen MR) is 86.2 cm³/mol. The average Bonchev–Trinajstić information content (AvgIpc) is 2.90. The molecule has 0 aliphatic carbocycles. The number of nitrogens with two attached hydrogens (primary N) is 1. The summed E-state index contributed by atoms with van der Waals surface area (Å²) in [7, 11) is 0. The Kier molecular flexibility index (Phi) is 4.01. The van der Waals surface area contributed by atoms with Crippen LogP contribution < -0.4 is 11.1 Å². The average molecular weight is 313 g/mol. The molecule has 0 saturated carbocycles. The van der Waals surface area contributed by atoms with Gasteiger partial charge in [-0.3, -0.25) is 9.48 Å². The summed E-state index contributed by atoms with van der Waals surface area (Å²) in [6.07, 6.45) is 1.62. The fraction of sp³-hybridized carbons (Fsp3) is 0.312. The number of anilines is 1. The van der Waals surface area contributed by atoms with Crippen molar-refractivity contribution in [1.82, 2.24) is 14.7 Å². The van der Waals surface area contributed by atoms with Gasteiger partial charge in [0.15, 0.2) is 5.69 Å². The summed E-state index contributed by atoms with van der Waals surface area (Å²) in [6, 6.07) is 9.86. The number of aryl methyl sites for hydroxylation is 1. The van der Waals surface area contributed by atoms with Crippen molar-refractivity contribution in [1.29, 1.82) is 0 Å². The summed E-state index contributed by atoms with van der Waals surface area (Å²) in [5.74, 6) is -0.297. The Morgan fingerprint density at radius 1 is 1.30 bits per heavy atom. The van der Waals surface area contributed by atoms with Crippen LogP contribution in [0.3, 0.4) is 0 Å². The van der Waals surface area contributed by atoms with E-state index in [2.05, 4.69) is 22.5 Å². The van der Waals surface area contributed by atoms with Gasteiger partial charge in [0.25, 0.3) is 5.91 Å². The van der Waals surface area contributed by atoms with E-state index in [4.69, 9.17) is 5.73 Å². The van der Waals surface area contributed by atoms with Gasteiger partial charge >= 0.3 is 6.03 Å². The number of hydrogen-bond acceptors (Lipinski definition) is 3. The predicted octanol–water partition coefficient (Wildman–Crippen LogP) is 1.63. The van der Waals surface area contributed by atoms with Gasteiger partial charge in [-0.05, 0) is 12.5 Å². The van der Waals surface area contributed by atoms with Gasteiger partial charge in [0.1, 0.15) is 0 Å². The molecule has 3 amide bonds. The highest BCUT2D eigenvalue weighted by Crippen LogP contribution is 2.27. The van der Waals surface area contributed by atoms with Crippen LogP contribution in [0.15, 0.2) is 36.5 Å². The second-order valence-electron chi connectivity index (χ2n) is 5.55. The zero-order valence-corrected chi connectivity index (χ0v) is 12.9. The van der Waals surface area contributed by atoms with Crippen molar-refractivity contribution in [2.24, 2.45) is 5.73 Å². The summed E-state index contributed by atoms with van der Waals surface area (Å²) in [4.78, 5) is 25.4. The molecule has 0 unspecified atom stereocenters. The molecule has 23 heavy (non-hydrogen) atoms. The minimum atomic E-state index is -0.654. The van der Waals surface area contributed by atoms with E-state index in [0.29, 0.717) is 31.2 Å². The highest BCUT2D eigenvalue weighted by atomic mass is 16.2. The number of likely N-dealkylation sites (tertiary alicyclic amines) is 1. The largest absolute Gasteiger partial charge is 0.364 e. The number of carbonyl (C=O) groups excluding carboxylic acids is 2. The van der Waals surface area contributed by atoms with E-state index in [1.54, 1.807) is 15.8 Å². The smallest absolute Gasteiger partial charge is 0.321 e. The maximum absolute atomic E-state index is 12.3. The molecule has 1 fully saturated rings. The number of nitrogens with zero attached hydrogens (tertiary/aromatic N) is 3. The first kappa shape index (κ1) is 15.1. The van der Waals surface area contributed by atoms with Gasteiger partial charge in [0.05, 0.1) is 5.69 Å². The topological polar surface area (TPSA) is 93.3 Å². The number of benzene rings is 1. The molecule has 0 spiro atoms. The molecule has 0 atom stereocenters. The molecule has 1 aliphatic rings. The number of carbonyl (C=O) groups is 2. The third-order valence-corrected chi connectivity index (χ3v) is 4.00. The molecule has 2 heterocycles. The van der Waals surface area contributed by atoms with E-state index in [9.17, 15) is 9.59 Å². The van der Waals surface area contributed by atoms with Gasteiger partial charge in [-0.15, -0.1) is 0 Å². The quantitative estimate of drug-likeness (QED) is 0.898. The Bertz CT molecular complexity index is 719. The summed E-state index contributed by atoms with van der Waals surface area (Å²) in [6.45, 7) is 3.80. The number of amides is 3. The van der Waals surface area contributed by atoms with E-state index in [0.717, 1.165) is 0 Å². The SMILES string of the molecule is CCn1cc(NC(=O)N2CC(c3ccccc3)C2)c(C(N)=O)n1. The molecular weight excluding hydrogens is 294 g/mol. The molecule has 1 aliphatic heterocycles. The van der Waals surface area contributed by atoms with Crippen LogP contribution >= 0.6 is 0 Å². The van der Waals surface area contributed by atoms with Crippen molar-refractivity contribution in [2.45, 2.75) is 19.4 Å². The fourth-order valence-corrected chi connectivity index (χ4v) is 2.63. The zero-order valence-electron chi connectivity index (χ0n) is 12.9. The fourth-order valence-electron chi connectivity index (χ4n) is 2.63. The van der Waals surface area contributed by atoms with Crippen molar-refractivity contribution in [3.8, 4) is 0 Å². The zero-order chi connectivity index (χ0) is 16.4. The maximum atomic E-state index is 12.3. The van der Waals surface area contributed by atoms with Crippen LogP contribution in [0, 0.1) is 0 Å². The molecule has 7 nitrogen and oxygen atoms in total. The van der Waals surface area contributed by atoms with Gasteiger partial charge in [0, 0.05) is 31.7 Å². The monoisotopic (exact) mass is 313 g/mol. The molecule has 1 aromatic heterocycles. The van der Waals surface area contributed by atoms with Crippen molar-refractivity contribution >= 4 is 17.6 Å². The minimum Gasteiger partial charge on any atom is -0.364 e. The van der Waals surface area contributed by atoms with Crippen LogP contribution in [0.2, 0.25) is 0 Å². The van der Waals surface area contributed by atoms with Crippen LogP contribution in [-0.2, 0) is 6.54 Å². The number of nitrogens with one attached hydrogen (secondary N) is 1. The second-order valence-corrected chi connectivity index (χ2v) is 5.55. The van der Waals surface area contributed by atoms with Gasteiger partial charge in [-0.2, -0.15) is 5.10 Å². The Balaban J connectivity index is 1.63. The summed E-state index contributed by atoms with van der Waals surface area (Å²) in [5.41, 5.74) is 6.97. The molecule has 3 rings (SSSR count). The highest BCUT2D eigenvalue weighted by molar-refractivity contribution is 6.01. The first-order valence-electron chi connectivity index (χ1n) is 7.56. The van der Waals surface area contributed by atoms with E-state index < -0.39 is 5.91 Å². The minimum absolute atomic E-state index is 0.0836. The molecule has 2 aromatic rings. The third-order valence-electron chi connectivity index (χ3n) is 4.00. The lowest BCUT2D eigenvalue weighted by Crippen LogP contribution is -2.50. The lowest BCUT2D eigenvalue weighted by atomic mass is 9.92. The van der Waals surface area contributed by atoms with Crippen LogP contribution in [0.1, 0.15) is 28.9 Å². The maximum Gasteiger partial charge on any atom is 0.321 e. The number of aromatic nitrogens is 2. The Morgan fingerprint density at radius 3 is 2.61 bits per heavy atom. The van der Waals surface area contributed by atoms with Crippen molar-refractivity contribution in [2.75, 3.05) is 18.4 Å². The molecule has 1 saturated heterocycles. The number of urea groups is 1. The number of rotatable bonds is 4. The van der Waals surface area contributed by atoms with Crippen molar-refractivity contribution in [3.63, 3.8) is 0 Å². The molecule has 0 bridgehead atoms. The number of primary amides is 1. The molecule has 1 aromatic carbocycles. The molecular formula is C16H19N5O2. The van der Waals surface area contributed by atoms with Crippen molar-refractivity contribution in [3.05, 3.63) is 47.8 Å². The van der Waals surface area contributed by atoms with E-state index in [1.165, 1.54) is 5.56 Å². The van der Waals surface area contributed by atoms with Gasteiger partial charge in [-0.1, -0.05) is 30.3 Å². The van der Waals surface area contributed by atoms with Crippen LogP contribution in [0.4, 0.5) is 10.5 Å². The Labute approximate surface area is 134 Å². The van der Waals surface area contributed by atoms with Crippen LogP contribution in [0.25, 0.3) is 0 Å². The van der Waals surface area contributed by atoms with Gasteiger partial charge in [0.2, 0.25) is 0 Å². The second kappa shape index (κ2) is 6.12. The normalized spacial score (nSPS) is 14.4. The van der Waals surface area contributed by atoms with Crippen LogP contribution in [0.5, 0.6) is 0 Å². The molecule has 3 N–H and O–H groups in total. The lowest BCUT2D eigenvalue weighted by molar-refractivity contribution is 0.0995.